The fourth-order valence-electron chi connectivity index (χ4n) is 2.22. The van der Waals surface area contributed by atoms with Crippen molar-refractivity contribution in [3.63, 3.8) is 0 Å². The Balaban J connectivity index is 1.66. The van der Waals surface area contributed by atoms with E-state index in [2.05, 4.69) is 27.4 Å². The third-order valence-electron chi connectivity index (χ3n) is 3.51. The minimum atomic E-state index is -0.297. The molecule has 1 aromatic carbocycles. The maximum atomic E-state index is 12.1. The van der Waals surface area contributed by atoms with Crippen LogP contribution in [0.5, 0.6) is 5.75 Å². The van der Waals surface area contributed by atoms with E-state index in [1.54, 1.807) is 43.6 Å². The fraction of sp³-hybridized carbons (Fsp3) is 0.250. The molecule has 1 aliphatic rings. The number of ether oxygens (including phenoxy) is 1. The van der Waals surface area contributed by atoms with Crippen LogP contribution in [0.3, 0.4) is 0 Å². The van der Waals surface area contributed by atoms with Crippen LogP contribution in [-0.2, 0) is 0 Å². The average Bonchev–Trinajstić information content (AvgIpc) is 3.25. The number of urea groups is 1. The molecule has 1 aromatic heterocycles. The Morgan fingerprint density at radius 1 is 1.27 bits per heavy atom. The monoisotopic (exact) mass is 298 g/mol. The van der Waals surface area contributed by atoms with E-state index in [1.165, 1.54) is 0 Å². The van der Waals surface area contributed by atoms with Gasteiger partial charge in [-0.05, 0) is 43.3 Å². The number of carbonyl (C=O) groups excluding carboxylic acids is 1. The number of nitrogens with zero attached hydrogens (tertiary/aromatic N) is 2. The van der Waals surface area contributed by atoms with Gasteiger partial charge in [0.2, 0.25) is 0 Å². The van der Waals surface area contributed by atoms with Crippen molar-refractivity contribution in [2.24, 2.45) is 0 Å². The normalized spacial score (nSPS) is 16.1. The first kappa shape index (κ1) is 14.2. The predicted octanol–water partition coefficient (Wildman–Crippen LogP) is 2.94. The highest BCUT2D eigenvalue weighted by atomic mass is 16.5. The van der Waals surface area contributed by atoms with Gasteiger partial charge in [-0.1, -0.05) is 0 Å². The molecule has 2 aromatic rings. The van der Waals surface area contributed by atoms with Gasteiger partial charge in [-0.3, -0.25) is 0 Å². The Labute approximate surface area is 129 Å². The number of aromatic nitrogens is 1. The minimum Gasteiger partial charge on any atom is -0.497 e. The molecule has 2 heterocycles. The molecule has 1 saturated heterocycles. The van der Waals surface area contributed by atoms with Crippen molar-refractivity contribution in [2.75, 3.05) is 29.2 Å². The van der Waals surface area contributed by atoms with Gasteiger partial charge in [0.1, 0.15) is 5.75 Å². The van der Waals surface area contributed by atoms with Crippen LogP contribution in [0.25, 0.3) is 0 Å². The second kappa shape index (κ2) is 5.93. The molecule has 0 aliphatic carbocycles. The predicted molar refractivity (Wildman–Crippen MR) is 86.7 cm³/mol. The van der Waals surface area contributed by atoms with Crippen LogP contribution in [0.1, 0.15) is 6.92 Å². The molecule has 6 heteroatoms. The van der Waals surface area contributed by atoms with Crippen molar-refractivity contribution in [1.29, 1.82) is 0 Å². The van der Waals surface area contributed by atoms with Gasteiger partial charge < -0.3 is 20.3 Å². The van der Waals surface area contributed by atoms with Crippen LogP contribution in [0.2, 0.25) is 0 Å². The SMILES string of the molecule is COc1ccc(NC(=O)Nc2cccnc2N2CC2C)cc1. The van der Waals surface area contributed by atoms with Crippen molar-refractivity contribution < 1.29 is 9.53 Å². The summed E-state index contributed by atoms with van der Waals surface area (Å²) in [6.07, 6.45) is 1.73. The van der Waals surface area contributed by atoms with Gasteiger partial charge in [-0.25, -0.2) is 9.78 Å². The summed E-state index contributed by atoms with van der Waals surface area (Å²) >= 11 is 0. The lowest BCUT2D eigenvalue weighted by Gasteiger charge is -2.12. The quantitative estimate of drug-likeness (QED) is 0.852. The smallest absolute Gasteiger partial charge is 0.323 e. The number of benzene rings is 1. The highest BCUT2D eigenvalue weighted by Crippen LogP contribution is 2.31. The van der Waals surface area contributed by atoms with Gasteiger partial charge in [0.05, 0.1) is 12.8 Å². The highest BCUT2D eigenvalue weighted by molar-refractivity contribution is 6.01. The molecule has 22 heavy (non-hydrogen) atoms. The summed E-state index contributed by atoms with van der Waals surface area (Å²) in [5, 5.41) is 5.63. The van der Waals surface area contributed by atoms with Crippen LogP contribution in [0.4, 0.5) is 22.0 Å². The van der Waals surface area contributed by atoms with Crippen LogP contribution in [0, 0.1) is 0 Å². The van der Waals surface area contributed by atoms with Gasteiger partial charge >= 0.3 is 6.03 Å². The third-order valence-corrected chi connectivity index (χ3v) is 3.51. The molecular formula is C16H18N4O2. The lowest BCUT2D eigenvalue weighted by Crippen LogP contribution is -2.20. The molecule has 2 amide bonds. The van der Waals surface area contributed by atoms with Crippen molar-refractivity contribution in [1.82, 2.24) is 4.98 Å². The van der Waals surface area contributed by atoms with E-state index in [-0.39, 0.29) is 6.03 Å². The number of amides is 2. The number of methoxy groups -OCH3 is 1. The van der Waals surface area contributed by atoms with E-state index in [0.29, 0.717) is 17.4 Å². The summed E-state index contributed by atoms with van der Waals surface area (Å²) in [7, 11) is 1.60. The Kier molecular flexibility index (Phi) is 3.82. The molecule has 114 valence electrons. The Bertz CT molecular complexity index is 672. The van der Waals surface area contributed by atoms with Crippen LogP contribution in [-0.4, -0.2) is 30.7 Å². The largest absolute Gasteiger partial charge is 0.497 e. The molecule has 1 unspecified atom stereocenters. The second-order valence-corrected chi connectivity index (χ2v) is 5.18. The molecule has 0 radical (unpaired) electrons. The van der Waals surface area contributed by atoms with E-state index in [9.17, 15) is 4.79 Å². The lowest BCUT2D eigenvalue weighted by molar-refractivity contribution is 0.262. The molecule has 1 fully saturated rings. The molecule has 3 rings (SSSR count). The summed E-state index contributed by atoms with van der Waals surface area (Å²) in [6, 6.07) is 11.0. The minimum absolute atomic E-state index is 0.297. The summed E-state index contributed by atoms with van der Waals surface area (Å²) in [6.45, 7) is 3.08. The molecule has 6 nitrogen and oxygen atoms in total. The summed E-state index contributed by atoms with van der Waals surface area (Å²) in [5.74, 6) is 1.55. The number of pyridine rings is 1. The summed E-state index contributed by atoms with van der Waals surface area (Å²) in [5.41, 5.74) is 1.40. The van der Waals surface area contributed by atoms with E-state index in [4.69, 9.17) is 4.74 Å². The fourth-order valence-corrected chi connectivity index (χ4v) is 2.22. The molecule has 1 atom stereocenters. The first-order valence-electron chi connectivity index (χ1n) is 7.11. The van der Waals surface area contributed by atoms with Crippen molar-refractivity contribution >= 4 is 23.2 Å². The summed E-state index contributed by atoms with van der Waals surface area (Å²) < 4.78 is 5.09. The molecule has 1 aliphatic heterocycles. The third kappa shape index (κ3) is 3.11. The molecule has 0 bridgehead atoms. The number of nitrogens with one attached hydrogen (secondary N) is 2. The molecule has 0 saturated carbocycles. The summed E-state index contributed by atoms with van der Waals surface area (Å²) in [4.78, 5) is 18.6. The first-order chi connectivity index (χ1) is 10.7. The van der Waals surface area contributed by atoms with E-state index < -0.39 is 0 Å². The highest BCUT2D eigenvalue weighted by Gasteiger charge is 2.32. The van der Waals surface area contributed by atoms with Crippen molar-refractivity contribution in [2.45, 2.75) is 13.0 Å². The lowest BCUT2D eigenvalue weighted by atomic mass is 10.3. The topological polar surface area (TPSA) is 66.3 Å². The van der Waals surface area contributed by atoms with E-state index in [1.807, 2.05) is 6.07 Å². The van der Waals surface area contributed by atoms with Gasteiger partial charge in [0, 0.05) is 24.5 Å². The van der Waals surface area contributed by atoms with Crippen LogP contribution in [0.15, 0.2) is 42.6 Å². The van der Waals surface area contributed by atoms with Crippen molar-refractivity contribution in [3.05, 3.63) is 42.6 Å². The first-order valence-corrected chi connectivity index (χ1v) is 7.11. The van der Waals surface area contributed by atoms with Gasteiger partial charge in [0.25, 0.3) is 0 Å². The van der Waals surface area contributed by atoms with Crippen molar-refractivity contribution in [3.8, 4) is 5.75 Å². The standard InChI is InChI=1S/C16H18N4O2/c1-11-10-20(11)15-14(4-3-9-17-15)19-16(21)18-12-5-7-13(22-2)8-6-12/h3-9,11H,10H2,1-2H3,(H2,18,19,21). The molecular weight excluding hydrogens is 280 g/mol. The maximum absolute atomic E-state index is 12.1. The zero-order valence-electron chi connectivity index (χ0n) is 12.5. The number of anilines is 3. The zero-order valence-corrected chi connectivity index (χ0v) is 12.5. The number of hydrogen-bond acceptors (Lipinski definition) is 4. The van der Waals surface area contributed by atoms with Gasteiger partial charge in [-0.2, -0.15) is 0 Å². The second-order valence-electron chi connectivity index (χ2n) is 5.18. The average molecular weight is 298 g/mol. The van der Waals surface area contributed by atoms with Crippen LogP contribution < -0.4 is 20.3 Å². The number of hydrogen-bond donors (Lipinski definition) is 2. The van der Waals surface area contributed by atoms with Crippen LogP contribution >= 0.6 is 0 Å². The van der Waals surface area contributed by atoms with E-state index >= 15 is 0 Å². The van der Waals surface area contributed by atoms with Gasteiger partial charge in [0.15, 0.2) is 5.82 Å². The molecule has 0 spiro atoms. The van der Waals surface area contributed by atoms with E-state index in [0.717, 1.165) is 18.1 Å². The Morgan fingerprint density at radius 3 is 2.64 bits per heavy atom. The number of rotatable bonds is 4. The molecule has 2 N–H and O–H groups in total. The Hall–Kier alpha value is -2.76. The number of carbonyl (C=O) groups is 1. The zero-order chi connectivity index (χ0) is 15.5. The van der Waals surface area contributed by atoms with Gasteiger partial charge in [-0.15, -0.1) is 0 Å². The Morgan fingerprint density at radius 2 is 2.00 bits per heavy atom. The maximum Gasteiger partial charge on any atom is 0.323 e.